The molecule has 0 radical (unpaired) electrons. The average Bonchev–Trinajstić information content (AvgIpc) is 2.54. The van der Waals surface area contributed by atoms with E-state index in [1.54, 1.807) is 0 Å². The summed E-state index contributed by atoms with van der Waals surface area (Å²) in [5, 5.41) is 4.58. The topological polar surface area (TPSA) is 43.8 Å². The van der Waals surface area contributed by atoms with Crippen LogP contribution in [0.25, 0.3) is 0 Å². The van der Waals surface area contributed by atoms with Crippen molar-refractivity contribution in [2.45, 2.75) is 52.0 Å². The van der Waals surface area contributed by atoms with E-state index in [1.165, 1.54) is 38.5 Å². The Kier molecular flexibility index (Phi) is 2.13. The van der Waals surface area contributed by atoms with E-state index in [4.69, 9.17) is 5.73 Å². The molecule has 18 heavy (non-hydrogen) atoms. The molecule has 0 atom stereocenters. The van der Waals surface area contributed by atoms with Gasteiger partial charge in [-0.3, -0.25) is 0 Å². The van der Waals surface area contributed by atoms with E-state index in [0.717, 1.165) is 35.8 Å². The Labute approximate surface area is 109 Å². The second-order valence-electron chi connectivity index (χ2n) is 7.29. The van der Waals surface area contributed by atoms with E-state index in [0.29, 0.717) is 5.41 Å². The predicted octanol–water partition coefficient (Wildman–Crippen LogP) is 2.99. The Bertz CT molecular complexity index is 439. The average molecular weight is 245 g/mol. The molecule has 4 aliphatic rings. The number of aryl methyl sites for hydroxylation is 1. The number of aromatic nitrogens is 2. The second-order valence-corrected chi connectivity index (χ2v) is 7.29. The third-order valence-electron chi connectivity index (χ3n) is 5.58. The van der Waals surface area contributed by atoms with Crippen molar-refractivity contribution in [3.63, 3.8) is 0 Å². The van der Waals surface area contributed by atoms with Crippen LogP contribution in [0.4, 0.5) is 5.82 Å². The van der Waals surface area contributed by atoms with E-state index in [1.807, 2.05) is 13.0 Å². The molecule has 1 aromatic heterocycles. The van der Waals surface area contributed by atoms with Crippen LogP contribution in [0.5, 0.6) is 0 Å². The molecule has 2 N–H and O–H groups in total. The normalized spacial score (nSPS) is 41.5. The SMILES string of the molecule is Cc1cc(N)n(CC23CC4CC(CC(C4)C2)C3)n1. The monoisotopic (exact) mass is 245 g/mol. The van der Waals surface area contributed by atoms with Crippen molar-refractivity contribution >= 4 is 5.82 Å². The molecule has 0 saturated heterocycles. The van der Waals surface area contributed by atoms with Crippen molar-refractivity contribution in [1.82, 2.24) is 9.78 Å². The van der Waals surface area contributed by atoms with Gasteiger partial charge in [-0.15, -0.1) is 0 Å². The maximum atomic E-state index is 6.07. The van der Waals surface area contributed by atoms with Crippen molar-refractivity contribution in [3.8, 4) is 0 Å². The number of anilines is 1. The summed E-state index contributed by atoms with van der Waals surface area (Å²) in [5.74, 6) is 3.88. The van der Waals surface area contributed by atoms with E-state index in [9.17, 15) is 0 Å². The lowest BCUT2D eigenvalue weighted by Gasteiger charge is -2.56. The van der Waals surface area contributed by atoms with E-state index in [2.05, 4.69) is 9.78 Å². The van der Waals surface area contributed by atoms with Gasteiger partial charge in [0.05, 0.1) is 5.69 Å². The number of nitrogen functional groups attached to an aromatic ring is 1. The number of nitrogens with zero attached hydrogens (tertiary/aromatic N) is 2. The third-order valence-corrected chi connectivity index (χ3v) is 5.58. The van der Waals surface area contributed by atoms with Gasteiger partial charge in [-0.2, -0.15) is 5.10 Å². The lowest BCUT2D eigenvalue weighted by atomic mass is 9.49. The number of nitrogens with two attached hydrogens (primary N) is 1. The van der Waals surface area contributed by atoms with E-state index in [-0.39, 0.29) is 0 Å². The molecule has 4 aliphatic carbocycles. The van der Waals surface area contributed by atoms with Crippen LogP contribution >= 0.6 is 0 Å². The zero-order valence-electron chi connectivity index (χ0n) is 11.2. The van der Waals surface area contributed by atoms with Gasteiger partial charge in [0.1, 0.15) is 5.82 Å². The molecule has 98 valence electrons. The minimum absolute atomic E-state index is 0.529. The summed E-state index contributed by atoms with van der Waals surface area (Å²) in [6.07, 6.45) is 8.80. The first-order chi connectivity index (χ1) is 8.62. The molecule has 3 nitrogen and oxygen atoms in total. The maximum Gasteiger partial charge on any atom is 0.121 e. The highest BCUT2D eigenvalue weighted by atomic mass is 15.3. The first-order valence-corrected chi connectivity index (χ1v) is 7.42. The zero-order chi connectivity index (χ0) is 12.3. The van der Waals surface area contributed by atoms with Gasteiger partial charge in [-0.05, 0) is 68.6 Å². The van der Waals surface area contributed by atoms with Crippen molar-refractivity contribution in [2.75, 3.05) is 5.73 Å². The van der Waals surface area contributed by atoms with Gasteiger partial charge >= 0.3 is 0 Å². The first-order valence-electron chi connectivity index (χ1n) is 7.42. The van der Waals surface area contributed by atoms with Crippen LogP contribution in [0.15, 0.2) is 6.07 Å². The van der Waals surface area contributed by atoms with Gasteiger partial charge in [-0.1, -0.05) is 0 Å². The molecule has 0 spiro atoms. The summed E-state index contributed by atoms with van der Waals surface area (Å²) >= 11 is 0. The number of hydrogen-bond acceptors (Lipinski definition) is 2. The first kappa shape index (κ1) is 10.9. The van der Waals surface area contributed by atoms with Crippen molar-refractivity contribution in [1.29, 1.82) is 0 Å². The smallest absolute Gasteiger partial charge is 0.121 e. The summed E-state index contributed by atoms with van der Waals surface area (Å²) < 4.78 is 2.07. The fraction of sp³-hybridized carbons (Fsp3) is 0.800. The number of hydrogen-bond donors (Lipinski definition) is 1. The Morgan fingerprint density at radius 1 is 1.22 bits per heavy atom. The molecule has 0 aromatic carbocycles. The molecule has 4 fully saturated rings. The quantitative estimate of drug-likeness (QED) is 0.870. The molecule has 0 amide bonds. The summed E-state index contributed by atoms with van der Waals surface area (Å²) in [4.78, 5) is 0. The highest BCUT2D eigenvalue weighted by Crippen LogP contribution is 2.60. The van der Waals surface area contributed by atoms with Crippen LogP contribution in [0.3, 0.4) is 0 Å². The fourth-order valence-corrected chi connectivity index (χ4v) is 5.49. The van der Waals surface area contributed by atoms with E-state index < -0.39 is 0 Å². The Morgan fingerprint density at radius 2 is 1.78 bits per heavy atom. The van der Waals surface area contributed by atoms with Crippen LogP contribution in [0.1, 0.15) is 44.2 Å². The minimum Gasteiger partial charge on any atom is -0.384 e. The highest BCUT2D eigenvalue weighted by molar-refractivity contribution is 5.30. The maximum absolute atomic E-state index is 6.07. The second kappa shape index (κ2) is 3.52. The summed E-state index contributed by atoms with van der Waals surface area (Å²) in [7, 11) is 0. The minimum atomic E-state index is 0.529. The largest absolute Gasteiger partial charge is 0.384 e. The van der Waals surface area contributed by atoms with Gasteiger partial charge in [0.25, 0.3) is 0 Å². The molecule has 0 aliphatic heterocycles. The molecule has 1 heterocycles. The Balaban J connectivity index is 1.62. The predicted molar refractivity (Wildman–Crippen MR) is 72.0 cm³/mol. The standard InChI is InChI=1S/C15H23N3/c1-10-2-14(16)18(17-10)9-15-6-11-3-12(7-15)5-13(4-11)8-15/h2,11-13H,3-9,16H2,1H3. The van der Waals surface area contributed by atoms with Crippen molar-refractivity contribution in [3.05, 3.63) is 11.8 Å². The van der Waals surface area contributed by atoms with E-state index >= 15 is 0 Å². The molecule has 3 heteroatoms. The number of rotatable bonds is 2. The highest BCUT2D eigenvalue weighted by Gasteiger charge is 2.51. The van der Waals surface area contributed by atoms with Gasteiger partial charge in [0.15, 0.2) is 0 Å². The molecular weight excluding hydrogens is 222 g/mol. The van der Waals surface area contributed by atoms with Crippen molar-refractivity contribution in [2.24, 2.45) is 23.2 Å². The molecular formula is C15H23N3. The van der Waals surface area contributed by atoms with Crippen LogP contribution in [-0.2, 0) is 6.54 Å². The van der Waals surface area contributed by atoms with Gasteiger partial charge in [0.2, 0.25) is 0 Å². The lowest BCUT2D eigenvalue weighted by molar-refractivity contribution is -0.0632. The molecule has 4 bridgehead atoms. The van der Waals surface area contributed by atoms with Crippen molar-refractivity contribution < 1.29 is 0 Å². The van der Waals surface area contributed by atoms with Crippen LogP contribution < -0.4 is 5.73 Å². The van der Waals surface area contributed by atoms with Gasteiger partial charge in [-0.25, -0.2) is 4.68 Å². The van der Waals surface area contributed by atoms with Gasteiger partial charge < -0.3 is 5.73 Å². The molecule has 4 saturated carbocycles. The molecule has 1 aromatic rings. The van der Waals surface area contributed by atoms with Crippen LogP contribution in [-0.4, -0.2) is 9.78 Å². The lowest BCUT2D eigenvalue weighted by Crippen LogP contribution is -2.48. The van der Waals surface area contributed by atoms with Crippen LogP contribution in [0.2, 0.25) is 0 Å². The Morgan fingerprint density at radius 3 is 2.22 bits per heavy atom. The van der Waals surface area contributed by atoms with Gasteiger partial charge in [0, 0.05) is 12.6 Å². The zero-order valence-corrected chi connectivity index (χ0v) is 11.2. The van der Waals surface area contributed by atoms with Crippen LogP contribution in [0, 0.1) is 30.1 Å². The molecule has 0 unspecified atom stereocenters. The fourth-order valence-electron chi connectivity index (χ4n) is 5.49. The summed E-state index contributed by atoms with van der Waals surface area (Å²) in [6.45, 7) is 3.10. The summed E-state index contributed by atoms with van der Waals surface area (Å²) in [5.41, 5.74) is 7.65. The third kappa shape index (κ3) is 1.59. The molecule has 5 rings (SSSR count). The summed E-state index contributed by atoms with van der Waals surface area (Å²) in [6, 6.07) is 2.00. The Hall–Kier alpha value is -0.990.